The van der Waals surface area contributed by atoms with E-state index in [2.05, 4.69) is 10.2 Å². The SMILES string of the molecule is OC(CCCN1CCCC1)CC1CCCN1. The zero-order valence-electron chi connectivity index (χ0n) is 10.3. The van der Waals surface area contributed by atoms with Crippen molar-refractivity contribution < 1.29 is 5.11 Å². The van der Waals surface area contributed by atoms with Gasteiger partial charge in [-0.3, -0.25) is 0 Å². The summed E-state index contributed by atoms with van der Waals surface area (Å²) in [5.74, 6) is 0. The summed E-state index contributed by atoms with van der Waals surface area (Å²) in [4.78, 5) is 2.53. The highest BCUT2D eigenvalue weighted by atomic mass is 16.3. The molecule has 0 aromatic rings. The number of likely N-dealkylation sites (tertiary alicyclic amines) is 1. The second-order valence-electron chi connectivity index (χ2n) is 5.37. The molecule has 2 aliphatic heterocycles. The molecule has 94 valence electrons. The highest BCUT2D eigenvalue weighted by molar-refractivity contribution is 4.77. The van der Waals surface area contributed by atoms with Crippen molar-refractivity contribution in [3.63, 3.8) is 0 Å². The summed E-state index contributed by atoms with van der Waals surface area (Å²) in [5, 5.41) is 13.4. The van der Waals surface area contributed by atoms with E-state index in [1.807, 2.05) is 0 Å². The summed E-state index contributed by atoms with van der Waals surface area (Å²) in [6.45, 7) is 4.89. The van der Waals surface area contributed by atoms with Crippen molar-refractivity contribution in [1.82, 2.24) is 10.2 Å². The fourth-order valence-corrected chi connectivity index (χ4v) is 2.96. The average molecular weight is 226 g/mol. The minimum Gasteiger partial charge on any atom is -0.393 e. The Morgan fingerprint density at radius 1 is 1.25 bits per heavy atom. The van der Waals surface area contributed by atoms with Crippen molar-refractivity contribution in [2.75, 3.05) is 26.2 Å². The van der Waals surface area contributed by atoms with Gasteiger partial charge >= 0.3 is 0 Å². The van der Waals surface area contributed by atoms with Gasteiger partial charge < -0.3 is 15.3 Å². The van der Waals surface area contributed by atoms with Crippen LogP contribution in [-0.2, 0) is 0 Å². The molecule has 0 saturated carbocycles. The molecule has 2 atom stereocenters. The lowest BCUT2D eigenvalue weighted by Gasteiger charge is -2.18. The second kappa shape index (κ2) is 6.58. The normalized spacial score (nSPS) is 28.7. The van der Waals surface area contributed by atoms with Gasteiger partial charge in [-0.1, -0.05) is 0 Å². The molecule has 2 fully saturated rings. The van der Waals surface area contributed by atoms with E-state index in [9.17, 15) is 5.11 Å². The predicted octanol–water partition coefficient (Wildman–Crippen LogP) is 1.37. The lowest BCUT2D eigenvalue weighted by Crippen LogP contribution is -2.27. The van der Waals surface area contributed by atoms with E-state index in [0.29, 0.717) is 6.04 Å². The van der Waals surface area contributed by atoms with Crippen LogP contribution in [0.4, 0.5) is 0 Å². The molecule has 0 spiro atoms. The monoisotopic (exact) mass is 226 g/mol. The van der Waals surface area contributed by atoms with E-state index in [4.69, 9.17) is 0 Å². The lowest BCUT2D eigenvalue weighted by atomic mass is 10.0. The van der Waals surface area contributed by atoms with E-state index >= 15 is 0 Å². The molecule has 2 saturated heterocycles. The summed E-state index contributed by atoms with van der Waals surface area (Å²) in [6, 6.07) is 0.585. The van der Waals surface area contributed by atoms with Gasteiger partial charge in [0.05, 0.1) is 6.10 Å². The van der Waals surface area contributed by atoms with Crippen molar-refractivity contribution in [2.45, 2.75) is 57.1 Å². The van der Waals surface area contributed by atoms with Crippen molar-refractivity contribution in [2.24, 2.45) is 0 Å². The first-order valence-electron chi connectivity index (χ1n) is 6.98. The number of nitrogens with zero attached hydrogens (tertiary/aromatic N) is 1. The maximum Gasteiger partial charge on any atom is 0.0555 e. The Morgan fingerprint density at radius 2 is 2.06 bits per heavy atom. The van der Waals surface area contributed by atoms with Crippen molar-refractivity contribution in [3.05, 3.63) is 0 Å². The Labute approximate surface area is 99.2 Å². The summed E-state index contributed by atoms with van der Waals surface area (Å²) < 4.78 is 0. The van der Waals surface area contributed by atoms with Crippen LogP contribution in [0.3, 0.4) is 0 Å². The number of aliphatic hydroxyl groups is 1. The molecule has 3 nitrogen and oxygen atoms in total. The van der Waals surface area contributed by atoms with Gasteiger partial charge in [0.25, 0.3) is 0 Å². The molecular weight excluding hydrogens is 200 g/mol. The minimum absolute atomic E-state index is 0.0850. The maximum atomic E-state index is 9.92. The van der Waals surface area contributed by atoms with E-state index in [-0.39, 0.29) is 6.10 Å². The van der Waals surface area contributed by atoms with Crippen molar-refractivity contribution in [3.8, 4) is 0 Å². The fraction of sp³-hybridized carbons (Fsp3) is 1.00. The third kappa shape index (κ3) is 4.04. The first-order chi connectivity index (χ1) is 7.84. The number of hydrogen-bond donors (Lipinski definition) is 2. The molecule has 2 unspecified atom stereocenters. The van der Waals surface area contributed by atoms with Crippen LogP contribution < -0.4 is 5.32 Å². The van der Waals surface area contributed by atoms with Gasteiger partial charge in [-0.2, -0.15) is 0 Å². The van der Waals surface area contributed by atoms with Gasteiger partial charge in [-0.05, 0) is 71.1 Å². The van der Waals surface area contributed by atoms with Crippen molar-refractivity contribution in [1.29, 1.82) is 0 Å². The number of hydrogen-bond acceptors (Lipinski definition) is 3. The Balaban J connectivity index is 1.51. The quantitative estimate of drug-likeness (QED) is 0.718. The van der Waals surface area contributed by atoms with Crippen LogP contribution in [-0.4, -0.2) is 48.3 Å². The first-order valence-corrected chi connectivity index (χ1v) is 6.98. The highest BCUT2D eigenvalue weighted by Crippen LogP contribution is 2.14. The largest absolute Gasteiger partial charge is 0.393 e. The molecule has 16 heavy (non-hydrogen) atoms. The number of rotatable bonds is 6. The molecule has 2 aliphatic rings. The Bertz CT molecular complexity index is 186. The van der Waals surface area contributed by atoms with Crippen LogP contribution >= 0.6 is 0 Å². The van der Waals surface area contributed by atoms with Crippen LogP contribution in [0.1, 0.15) is 44.9 Å². The molecule has 0 amide bonds. The number of aliphatic hydroxyl groups excluding tert-OH is 1. The summed E-state index contributed by atoms with van der Waals surface area (Å²) >= 11 is 0. The minimum atomic E-state index is -0.0850. The Kier molecular flexibility index (Phi) is 5.07. The smallest absolute Gasteiger partial charge is 0.0555 e. The lowest BCUT2D eigenvalue weighted by molar-refractivity contribution is 0.135. The maximum absolute atomic E-state index is 9.92. The molecule has 2 heterocycles. The standard InChI is InChI=1S/C13H26N2O/c16-13(11-12-5-3-7-14-12)6-4-10-15-8-1-2-9-15/h12-14,16H,1-11H2. The van der Waals surface area contributed by atoms with Gasteiger partial charge in [0.15, 0.2) is 0 Å². The Hall–Kier alpha value is -0.120. The van der Waals surface area contributed by atoms with Gasteiger partial charge in [0.2, 0.25) is 0 Å². The van der Waals surface area contributed by atoms with E-state index in [1.165, 1.54) is 45.3 Å². The van der Waals surface area contributed by atoms with E-state index in [1.54, 1.807) is 0 Å². The summed E-state index contributed by atoms with van der Waals surface area (Å²) in [5.41, 5.74) is 0. The molecule has 2 N–H and O–H groups in total. The van der Waals surface area contributed by atoms with Gasteiger partial charge in [0, 0.05) is 6.04 Å². The van der Waals surface area contributed by atoms with Crippen LogP contribution in [0.5, 0.6) is 0 Å². The topological polar surface area (TPSA) is 35.5 Å². The number of nitrogens with one attached hydrogen (secondary N) is 1. The molecule has 0 bridgehead atoms. The van der Waals surface area contributed by atoms with Gasteiger partial charge in [0.1, 0.15) is 0 Å². The fourth-order valence-electron chi connectivity index (χ4n) is 2.96. The van der Waals surface area contributed by atoms with E-state index < -0.39 is 0 Å². The van der Waals surface area contributed by atoms with E-state index in [0.717, 1.165) is 25.8 Å². The van der Waals surface area contributed by atoms with Crippen LogP contribution in [0.2, 0.25) is 0 Å². The zero-order chi connectivity index (χ0) is 11.2. The molecule has 0 aromatic carbocycles. The molecule has 0 radical (unpaired) electrons. The predicted molar refractivity (Wildman–Crippen MR) is 66.6 cm³/mol. The molecular formula is C13H26N2O. The molecule has 2 rings (SSSR count). The van der Waals surface area contributed by atoms with Gasteiger partial charge in [-0.25, -0.2) is 0 Å². The summed E-state index contributed by atoms with van der Waals surface area (Å²) in [6.07, 6.45) is 8.29. The van der Waals surface area contributed by atoms with Crippen molar-refractivity contribution >= 4 is 0 Å². The van der Waals surface area contributed by atoms with Crippen LogP contribution in [0.15, 0.2) is 0 Å². The molecule has 0 aliphatic carbocycles. The van der Waals surface area contributed by atoms with Gasteiger partial charge in [-0.15, -0.1) is 0 Å². The average Bonchev–Trinajstić information content (AvgIpc) is 2.90. The first kappa shape index (κ1) is 12.3. The molecule has 3 heteroatoms. The molecule has 0 aromatic heterocycles. The summed E-state index contributed by atoms with van der Waals surface area (Å²) in [7, 11) is 0. The Morgan fingerprint density at radius 3 is 2.75 bits per heavy atom. The third-order valence-electron chi connectivity index (χ3n) is 3.93. The third-order valence-corrected chi connectivity index (χ3v) is 3.93. The zero-order valence-corrected chi connectivity index (χ0v) is 10.3. The highest BCUT2D eigenvalue weighted by Gasteiger charge is 2.18. The van der Waals surface area contributed by atoms with Crippen LogP contribution in [0, 0.1) is 0 Å². The second-order valence-corrected chi connectivity index (χ2v) is 5.37. The van der Waals surface area contributed by atoms with Crippen LogP contribution in [0.25, 0.3) is 0 Å².